The average molecular weight is 212 g/mol. The Balaban J connectivity index is 1.77. The zero-order chi connectivity index (χ0) is 11.0. The number of nitrogens with zero attached hydrogens (tertiary/aromatic N) is 1. The average Bonchev–Trinajstić information content (AvgIpc) is 2.86. The lowest BCUT2D eigenvalue weighted by molar-refractivity contribution is -0.140. The van der Waals surface area contributed by atoms with Gasteiger partial charge in [0.2, 0.25) is 5.91 Å². The van der Waals surface area contributed by atoms with Gasteiger partial charge in [0.25, 0.3) is 0 Å². The van der Waals surface area contributed by atoms with Gasteiger partial charge in [-0.2, -0.15) is 0 Å². The first-order valence-electron chi connectivity index (χ1n) is 5.29. The SMILES string of the molecule is CN1CCC(NC(=O)C2CC2C(=O)O)C1. The molecule has 0 bridgehead atoms. The molecule has 0 aromatic heterocycles. The highest BCUT2D eigenvalue weighted by molar-refractivity contribution is 5.89. The van der Waals surface area contributed by atoms with Crippen LogP contribution in [0, 0.1) is 11.8 Å². The summed E-state index contributed by atoms with van der Waals surface area (Å²) < 4.78 is 0. The maximum absolute atomic E-state index is 11.6. The van der Waals surface area contributed by atoms with E-state index >= 15 is 0 Å². The third-order valence-electron chi connectivity index (χ3n) is 3.18. The molecule has 2 rings (SSSR count). The largest absolute Gasteiger partial charge is 0.481 e. The lowest BCUT2D eigenvalue weighted by Gasteiger charge is -2.12. The molecule has 0 aromatic rings. The van der Waals surface area contributed by atoms with Crippen molar-refractivity contribution in [3.8, 4) is 0 Å². The highest BCUT2D eigenvalue weighted by atomic mass is 16.4. The van der Waals surface area contributed by atoms with E-state index in [4.69, 9.17) is 5.11 Å². The van der Waals surface area contributed by atoms with Crippen LogP contribution in [-0.4, -0.2) is 48.1 Å². The number of likely N-dealkylation sites (tertiary alicyclic amines) is 1. The van der Waals surface area contributed by atoms with Crippen LogP contribution in [0.2, 0.25) is 0 Å². The van der Waals surface area contributed by atoms with Crippen LogP contribution in [0.5, 0.6) is 0 Å². The fraction of sp³-hybridized carbons (Fsp3) is 0.800. The van der Waals surface area contributed by atoms with Gasteiger partial charge in [-0.1, -0.05) is 0 Å². The summed E-state index contributed by atoms with van der Waals surface area (Å²) in [4.78, 5) is 24.3. The number of hydrogen-bond donors (Lipinski definition) is 2. The van der Waals surface area contributed by atoms with Crippen molar-refractivity contribution in [2.75, 3.05) is 20.1 Å². The second-order valence-electron chi connectivity index (χ2n) is 4.54. The molecule has 1 saturated carbocycles. The Bertz CT molecular complexity index is 292. The van der Waals surface area contributed by atoms with Crippen molar-refractivity contribution in [3.05, 3.63) is 0 Å². The van der Waals surface area contributed by atoms with Gasteiger partial charge in [-0.25, -0.2) is 0 Å². The molecule has 0 aromatic carbocycles. The molecule has 0 radical (unpaired) electrons. The van der Waals surface area contributed by atoms with E-state index in [1.54, 1.807) is 0 Å². The highest BCUT2D eigenvalue weighted by Gasteiger charge is 2.48. The van der Waals surface area contributed by atoms with Crippen LogP contribution >= 0.6 is 0 Å². The summed E-state index contributed by atoms with van der Waals surface area (Å²) in [5.74, 6) is -1.65. The molecule has 1 heterocycles. The van der Waals surface area contributed by atoms with Crippen molar-refractivity contribution >= 4 is 11.9 Å². The smallest absolute Gasteiger partial charge is 0.307 e. The van der Waals surface area contributed by atoms with Gasteiger partial charge >= 0.3 is 5.97 Å². The molecule has 1 aliphatic heterocycles. The van der Waals surface area contributed by atoms with E-state index in [0.29, 0.717) is 6.42 Å². The normalized spacial score (nSPS) is 35.1. The Morgan fingerprint density at radius 2 is 2.13 bits per heavy atom. The first-order valence-corrected chi connectivity index (χ1v) is 5.29. The number of likely N-dealkylation sites (N-methyl/N-ethyl adjacent to an activating group) is 1. The number of nitrogens with one attached hydrogen (secondary N) is 1. The molecule has 3 unspecified atom stereocenters. The summed E-state index contributed by atoms with van der Waals surface area (Å²) in [5, 5.41) is 11.6. The van der Waals surface area contributed by atoms with E-state index < -0.39 is 11.9 Å². The van der Waals surface area contributed by atoms with Gasteiger partial charge in [0, 0.05) is 12.6 Å². The first-order chi connectivity index (χ1) is 7.08. The number of carboxylic acid groups (broad SMARTS) is 1. The maximum atomic E-state index is 11.6. The Morgan fingerprint density at radius 3 is 2.60 bits per heavy atom. The summed E-state index contributed by atoms with van der Waals surface area (Å²) in [6, 6.07) is 0.206. The van der Waals surface area contributed by atoms with E-state index in [-0.39, 0.29) is 17.9 Å². The number of carbonyl (C=O) groups is 2. The van der Waals surface area contributed by atoms with Crippen molar-refractivity contribution in [2.45, 2.75) is 18.9 Å². The molecule has 1 saturated heterocycles. The summed E-state index contributed by atoms with van der Waals surface area (Å²) in [5.41, 5.74) is 0. The molecule has 1 amide bonds. The molecule has 2 aliphatic rings. The number of carboxylic acids is 1. The minimum absolute atomic E-state index is 0.0808. The number of carbonyl (C=O) groups excluding carboxylic acids is 1. The van der Waals surface area contributed by atoms with Crippen LogP contribution in [0.4, 0.5) is 0 Å². The molecular weight excluding hydrogens is 196 g/mol. The molecule has 5 nitrogen and oxygen atoms in total. The summed E-state index contributed by atoms with van der Waals surface area (Å²) in [6.45, 7) is 1.87. The minimum atomic E-state index is -0.848. The van der Waals surface area contributed by atoms with Crippen molar-refractivity contribution in [1.82, 2.24) is 10.2 Å². The van der Waals surface area contributed by atoms with E-state index in [1.165, 1.54) is 0 Å². The number of hydrogen-bond acceptors (Lipinski definition) is 3. The second-order valence-corrected chi connectivity index (χ2v) is 4.54. The van der Waals surface area contributed by atoms with Gasteiger partial charge in [-0.3, -0.25) is 9.59 Å². The quantitative estimate of drug-likeness (QED) is 0.663. The monoisotopic (exact) mass is 212 g/mol. The van der Waals surface area contributed by atoms with Crippen LogP contribution in [0.1, 0.15) is 12.8 Å². The second kappa shape index (κ2) is 3.81. The molecule has 2 fully saturated rings. The van der Waals surface area contributed by atoms with Gasteiger partial charge in [-0.15, -0.1) is 0 Å². The van der Waals surface area contributed by atoms with Crippen molar-refractivity contribution < 1.29 is 14.7 Å². The summed E-state index contributed by atoms with van der Waals surface area (Å²) >= 11 is 0. The molecule has 2 N–H and O–H groups in total. The van der Waals surface area contributed by atoms with Gasteiger partial charge in [-0.05, 0) is 26.4 Å². The molecule has 5 heteroatoms. The Labute approximate surface area is 88.4 Å². The zero-order valence-electron chi connectivity index (χ0n) is 8.77. The van der Waals surface area contributed by atoms with Crippen LogP contribution in [-0.2, 0) is 9.59 Å². The third kappa shape index (κ3) is 2.28. The van der Waals surface area contributed by atoms with Crippen molar-refractivity contribution in [1.29, 1.82) is 0 Å². The molecule has 3 atom stereocenters. The van der Waals surface area contributed by atoms with E-state index in [2.05, 4.69) is 10.2 Å². The predicted octanol–water partition coefficient (Wildman–Crippen LogP) is -0.473. The molecular formula is C10H16N2O3. The fourth-order valence-corrected chi connectivity index (χ4v) is 2.12. The number of rotatable bonds is 3. The molecule has 15 heavy (non-hydrogen) atoms. The van der Waals surface area contributed by atoms with Gasteiger partial charge < -0.3 is 15.3 Å². The highest BCUT2D eigenvalue weighted by Crippen LogP contribution is 2.38. The summed E-state index contributed by atoms with van der Waals surface area (Å²) in [7, 11) is 2.02. The Hall–Kier alpha value is -1.10. The first kappa shape index (κ1) is 10.4. The van der Waals surface area contributed by atoms with Gasteiger partial charge in [0.1, 0.15) is 0 Å². The van der Waals surface area contributed by atoms with E-state index in [0.717, 1.165) is 19.5 Å². The lowest BCUT2D eigenvalue weighted by Crippen LogP contribution is -2.38. The zero-order valence-corrected chi connectivity index (χ0v) is 8.77. The van der Waals surface area contributed by atoms with Crippen molar-refractivity contribution in [3.63, 3.8) is 0 Å². The number of amides is 1. The van der Waals surface area contributed by atoms with Gasteiger partial charge in [0.15, 0.2) is 0 Å². The topological polar surface area (TPSA) is 69.6 Å². The third-order valence-corrected chi connectivity index (χ3v) is 3.18. The maximum Gasteiger partial charge on any atom is 0.307 e. The Morgan fingerprint density at radius 1 is 1.40 bits per heavy atom. The van der Waals surface area contributed by atoms with Crippen LogP contribution in [0.15, 0.2) is 0 Å². The van der Waals surface area contributed by atoms with Crippen LogP contribution in [0.3, 0.4) is 0 Å². The Kier molecular flexibility index (Phi) is 2.65. The lowest BCUT2D eigenvalue weighted by atomic mass is 10.2. The standard InChI is InChI=1S/C10H16N2O3/c1-12-3-2-6(5-12)11-9(13)7-4-8(7)10(14)15/h6-8H,2-5H2,1H3,(H,11,13)(H,14,15). The van der Waals surface area contributed by atoms with E-state index in [1.807, 2.05) is 7.05 Å². The fourth-order valence-electron chi connectivity index (χ4n) is 2.12. The summed E-state index contributed by atoms with van der Waals surface area (Å²) in [6.07, 6.45) is 1.47. The molecule has 84 valence electrons. The molecule has 1 aliphatic carbocycles. The van der Waals surface area contributed by atoms with Crippen LogP contribution < -0.4 is 5.32 Å². The van der Waals surface area contributed by atoms with Gasteiger partial charge in [0.05, 0.1) is 11.8 Å². The minimum Gasteiger partial charge on any atom is -0.481 e. The number of aliphatic carboxylic acids is 1. The predicted molar refractivity (Wildman–Crippen MR) is 53.3 cm³/mol. The van der Waals surface area contributed by atoms with E-state index in [9.17, 15) is 9.59 Å². The molecule has 0 spiro atoms. The van der Waals surface area contributed by atoms with Crippen LogP contribution in [0.25, 0.3) is 0 Å². The van der Waals surface area contributed by atoms with Crippen molar-refractivity contribution in [2.24, 2.45) is 11.8 Å².